The Kier molecular flexibility index (Phi) is 4.42. The van der Waals surface area contributed by atoms with Crippen LogP contribution in [0.3, 0.4) is 0 Å². The Morgan fingerprint density at radius 3 is 2.55 bits per heavy atom. The van der Waals surface area contributed by atoms with E-state index in [4.69, 9.17) is 0 Å². The van der Waals surface area contributed by atoms with Crippen LogP contribution in [0.25, 0.3) is 0 Å². The summed E-state index contributed by atoms with van der Waals surface area (Å²) in [7, 11) is 0. The SMILES string of the molecule is CC(=O)N[C@@H](C)[C@@H]1CC(=O)N([C@@H](C)c2ccccc2)C1. The van der Waals surface area contributed by atoms with Gasteiger partial charge in [-0.3, -0.25) is 9.59 Å². The zero-order chi connectivity index (χ0) is 14.7. The van der Waals surface area contributed by atoms with Gasteiger partial charge < -0.3 is 10.2 Å². The average Bonchev–Trinajstić information content (AvgIpc) is 2.80. The van der Waals surface area contributed by atoms with E-state index < -0.39 is 0 Å². The van der Waals surface area contributed by atoms with Crippen LogP contribution in [0.4, 0.5) is 0 Å². The van der Waals surface area contributed by atoms with Crippen LogP contribution in [0.15, 0.2) is 30.3 Å². The molecule has 1 aliphatic rings. The highest BCUT2D eigenvalue weighted by Gasteiger charge is 2.35. The number of amides is 2. The summed E-state index contributed by atoms with van der Waals surface area (Å²) in [4.78, 5) is 25.2. The predicted octanol–water partition coefficient (Wildman–Crippen LogP) is 2.12. The normalized spacial score (nSPS) is 21.6. The molecule has 0 spiro atoms. The Labute approximate surface area is 120 Å². The fourth-order valence-corrected chi connectivity index (χ4v) is 2.82. The van der Waals surface area contributed by atoms with E-state index in [0.29, 0.717) is 13.0 Å². The molecule has 2 rings (SSSR count). The summed E-state index contributed by atoms with van der Waals surface area (Å²) >= 11 is 0. The maximum atomic E-state index is 12.2. The van der Waals surface area contributed by atoms with Gasteiger partial charge in [0.15, 0.2) is 0 Å². The molecule has 1 aromatic carbocycles. The quantitative estimate of drug-likeness (QED) is 0.914. The molecule has 4 heteroatoms. The smallest absolute Gasteiger partial charge is 0.223 e. The Bertz CT molecular complexity index is 487. The van der Waals surface area contributed by atoms with Crippen molar-refractivity contribution in [3.8, 4) is 0 Å². The molecule has 0 unspecified atom stereocenters. The van der Waals surface area contributed by atoms with Gasteiger partial charge in [0.25, 0.3) is 0 Å². The number of benzene rings is 1. The van der Waals surface area contributed by atoms with Gasteiger partial charge >= 0.3 is 0 Å². The molecule has 1 fully saturated rings. The molecule has 4 nitrogen and oxygen atoms in total. The van der Waals surface area contributed by atoms with Gasteiger partial charge in [0.05, 0.1) is 6.04 Å². The average molecular weight is 274 g/mol. The molecule has 1 heterocycles. The van der Waals surface area contributed by atoms with Crippen molar-refractivity contribution in [2.24, 2.45) is 5.92 Å². The largest absolute Gasteiger partial charge is 0.354 e. The van der Waals surface area contributed by atoms with Crippen LogP contribution in [-0.2, 0) is 9.59 Å². The number of hydrogen-bond acceptors (Lipinski definition) is 2. The number of rotatable bonds is 4. The van der Waals surface area contributed by atoms with E-state index in [9.17, 15) is 9.59 Å². The number of nitrogens with one attached hydrogen (secondary N) is 1. The first-order valence-corrected chi connectivity index (χ1v) is 7.10. The van der Waals surface area contributed by atoms with Gasteiger partial charge in [0, 0.05) is 31.8 Å². The fourth-order valence-electron chi connectivity index (χ4n) is 2.82. The number of likely N-dealkylation sites (tertiary alicyclic amines) is 1. The standard InChI is InChI=1S/C16H22N2O2/c1-11(17-13(3)19)15-9-16(20)18(10-15)12(2)14-7-5-4-6-8-14/h4-8,11-12,15H,9-10H2,1-3H3,(H,17,19)/t11-,12-,15+/m0/s1. The summed E-state index contributed by atoms with van der Waals surface area (Å²) in [5.74, 6) is 0.320. The van der Waals surface area contributed by atoms with Gasteiger partial charge in [-0.2, -0.15) is 0 Å². The second-order valence-corrected chi connectivity index (χ2v) is 5.59. The molecule has 2 amide bonds. The van der Waals surface area contributed by atoms with Crippen molar-refractivity contribution in [1.29, 1.82) is 0 Å². The summed E-state index contributed by atoms with van der Waals surface area (Å²) < 4.78 is 0. The van der Waals surface area contributed by atoms with E-state index in [1.165, 1.54) is 6.92 Å². The first-order valence-electron chi connectivity index (χ1n) is 7.10. The van der Waals surface area contributed by atoms with E-state index in [2.05, 4.69) is 12.2 Å². The summed E-state index contributed by atoms with van der Waals surface area (Å²) in [5, 5.41) is 2.89. The molecule has 3 atom stereocenters. The third-order valence-electron chi connectivity index (χ3n) is 4.08. The highest BCUT2D eigenvalue weighted by atomic mass is 16.2. The molecular weight excluding hydrogens is 252 g/mol. The highest BCUT2D eigenvalue weighted by molar-refractivity contribution is 5.79. The van der Waals surface area contributed by atoms with Crippen LogP contribution < -0.4 is 5.32 Å². The molecule has 1 aliphatic heterocycles. The summed E-state index contributed by atoms with van der Waals surface area (Å²) in [6.07, 6.45) is 0.513. The molecular formula is C16H22N2O2. The number of nitrogens with zero attached hydrogens (tertiary/aromatic N) is 1. The Hall–Kier alpha value is -1.84. The van der Waals surface area contributed by atoms with Crippen LogP contribution in [0.5, 0.6) is 0 Å². The first kappa shape index (κ1) is 14.6. The lowest BCUT2D eigenvalue weighted by Crippen LogP contribution is -2.38. The van der Waals surface area contributed by atoms with Gasteiger partial charge in [0.2, 0.25) is 11.8 Å². The monoisotopic (exact) mass is 274 g/mol. The van der Waals surface area contributed by atoms with Crippen LogP contribution >= 0.6 is 0 Å². The molecule has 1 aromatic rings. The lowest BCUT2D eigenvalue weighted by atomic mass is 10.0. The highest BCUT2D eigenvalue weighted by Crippen LogP contribution is 2.29. The van der Waals surface area contributed by atoms with Crippen LogP contribution in [0, 0.1) is 5.92 Å². The van der Waals surface area contributed by atoms with Crippen molar-refractivity contribution in [1.82, 2.24) is 10.2 Å². The third kappa shape index (κ3) is 3.18. The van der Waals surface area contributed by atoms with E-state index in [-0.39, 0.29) is 29.8 Å². The maximum Gasteiger partial charge on any atom is 0.223 e. The molecule has 1 N–H and O–H groups in total. The van der Waals surface area contributed by atoms with Crippen molar-refractivity contribution in [3.05, 3.63) is 35.9 Å². The zero-order valence-electron chi connectivity index (χ0n) is 12.3. The van der Waals surface area contributed by atoms with Crippen molar-refractivity contribution in [2.45, 2.75) is 39.3 Å². The minimum atomic E-state index is -0.0421. The van der Waals surface area contributed by atoms with Crippen molar-refractivity contribution >= 4 is 11.8 Å². The first-order chi connectivity index (χ1) is 9.49. The van der Waals surface area contributed by atoms with Gasteiger partial charge in [-0.1, -0.05) is 30.3 Å². The molecule has 0 aromatic heterocycles. The van der Waals surface area contributed by atoms with E-state index in [1.54, 1.807) is 0 Å². The van der Waals surface area contributed by atoms with E-state index in [1.807, 2.05) is 42.2 Å². The summed E-state index contributed by atoms with van der Waals surface area (Å²) in [6.45, 7) is 6.24. The molecule has 108 valence electrons. The Morgan fingerprint density at radius 2 is 1.95 bits per heavy atom. The van der Waals surface area contributed by atoms with E-state index in [0.717, 1.165) is 5.56 Å². The predicted molar refractivity (Wildman–Crippen MR) is 78.0 cm³/mol. The second-order valence-electron chi connectivity index (χ2n) is 5.59. The third-order valence-corrected chi connectivity index (χ3v) is 4.08. The molecule has 0 radical (unpaired) electrons. The van der Waals surface area contributed by atoms with Crippen LogP contribution in [0.2, 0.25) is 0 Å². The topological polar surface area (TPSA) is 49.4 Å². The molecule has 0 saturated carbocycles. The van der Waals surface area contributed by atoms with Crippen molar-refractivity contribution < 1.29 is 9.59 Å². The maximum absolute atomic E-state index is 12.2. The zero-order valence-corrected chi connectivity index (χ0v) is 12.3. The molecule has 20 heavy (non-hydrogen) atoms. The van der Waals surface area contributed by atoms with Crippen molar-refractivity contribution in [3.63, 3.8) is 0 Å². The lowest BCUT2D eigenvalue weighted by molar-refractivity contribution is -0.129. The second kappa shape index (κ2) is 6.07. The lowest BCUT2D eigenvalue weighted by Gasteiger charge is -2.26. The fraction of sp³-hybridized carbons (Fsp3) is 0.500. The molecule has 0 aliphatic carbocycles. The minimum absolute atomic E-state index is 0.0319. The minimum Gasteiger partial charge on any atom is -0.354 e. The van der Waals surface area contributed by atoms with Gasteiger partial charge in [-0.05, 0) is 19.4 Å². The number of hydrogen-bond donors (Lipinski definition) is 1. The van der Waals surface area contributed by atoms with Crippen LogP contribution in [0.1, 0.15) is 38.8 Å². The number of carbonyl (C=O) groups excluding carboxylic acids is 2. The molecule has 1 saturated heterocycles. The Balaban J connectivity index is 2.04. The van der Waals surface area contributed by atoms with Gasteiger partial charge in [0.1, 0.15) is 0 Å². The summed E-state index contributed by atoms with van der Waals surface area (Å²) in [6, 6.07) is 10.2. The van der Waals surface area contributed by atoms with Crippen LogP contribution in [-0.4, -0.2) is 29.3 Å². The Morgan fingerprint density at radius 1 is 1.30 bits per heavy atom. The molecule has 0 bridgehead atoms. The number of carbonyl (C=O) groups is 2. The summed E-state index contributed by atoms with van der Waals surface area (Å²) in [5.41, 5.74) is 1.15. The van der Waals surface area contributed by atoms with Gasteiger partial charge in [-0.15, -0.1) is 0 Å². The van der Waals surface area contributed by atoms with E-state index >= 15 is 0 Å². The van der Waals surface area contributed by atoms with Gasteiger partial charge in [-0.25, -0.2) is 0 Å². The van der Waals surface area contributed by atoms with Crippen molar-refractivity contribution in [2.75, 3.05) is 6.54 Å².